The summed E-state index contributed by atoms with van der Waals surface area (Å²) in [5.74, 6) is -1.11. The maximum Gasteiger partial charge on any atom is 0.408 e. The van der Waals surface area contributed by atoms with E-state index in [-0.39, 0.29) is 17.7 Å². The van der Waals surface area contributed by atoms with Crippen molar-refractivity contribution < 1.29 is 23.5 Å². The first kappa shape index (κ1) is 21.9. The van der Waals surface area contributed by atoms with E-state index in [4.69, 9.17) is 9.47 Å². The maximum absolute atomic E-state index is 13.1. The molecule has 1 aromatic carbocycles. The van der Waals surface area contributed by atoms with Crippen LogP contribution < -0.4 is 5.32 Å². The molecule has 6 heteroatoms. The zero-order chi connectivity index (χ0) is 20.1. The van der Waals surface area contributed by atoms with E-state index in [1.165, 1.54) is 12.1 Å². The van der Waals surface area contributed by atoms with Gasteiger partial charge in [0.15, 0.2) is 0 Å². The maximum atomic E-state index is 13.1. The van der Waals surface area contributed by atoms with E-state index in [1.54, 1.807) is 39.8 Å². The lowest BCUT2D eigenvalue weighted by Crippen LogP contribution is -2.48. The third-order valence-corrected chi connectivity index (χ3v) is 3.99. The minimum atomic E-state index is -0.812. The van der Waals surface area contributed by atoms with Crippen molar-refractivity contribution in [2.24, 2.45) is 5.92 Å². The largest absolute Gasteiger partial charge is 0.460 e. The van der Waals surface area contributed by atoms with Gasteiger partial charge in [-0.3, -0.25) is 0 Å². The molecule has 0 radical (unpaired) electrons. The van der Waals surface area contributed by atoms with Gasteiger partial charge >= 0.3 is 12.1 Å². The molecule has 0 aliphatic carbocycles. The molecule has 26 heavy (non-hydrogen) atoms. The van der Waals surface area contributed by atoms with Crippen molar-refractivity contribution >= 4 is 12.1 Å². The Morgan fingerprint density at radius 1 is 1.04 bits per heavy atom. The number of carbonyl (C=O) groups is 2. The smallest absolute Gasteiger partial charge is 0.408 e. The van der Waals surface area contributed by atoms with E-state index in [9.17, 15) is 14.0 Å². The Bertz CT molecular complexity index is 607. The lowest BCUT2D eigenvalue weighted by molar-refractivity contribution is -0.153. The summed E-state index contributed by atoms with van der Waals surface area (Å²) >= 11 is 0. The van der Waals surface area contributed by atoms with Gasteiger partial charge in [-0.2, -0.15) is 0 Å². The van der Waals surface area contributed by atoms with Crippen LogP contribution in [-0.2, 0) is 14.3 Å². The van der Waals surface area contributed by atoms with Crippen molar-refractivity contribution in [2.45, 2.75) is 72.1 Å². The van der Waals surface area contributed by atoms with Gasteiger partial charge in [-0.05, 0) is 51.3 Å². The second-order valence-electron chi connectivity index (χ2n) is 7.85. The second kappa shape index (κ2) is 9.01. The number of benzene rings is 1. The molecule has 0 aromatic heterocycles. The van der Waals surface area contributed by atoms with E-state index >= 15 is 0 Å². The molecule has 0 saturated heterocycles. The average Bonchev–Trinajstić information content (AvgIpc) is 2.50. The number of esters is 1. The molecule has 0 bridgehead atoms. The fourth-order valence-electron chi connectivity index (χ4n) is 2.33. The van der Waals surface area contributed by atoms with E-state index in [0.29, 0.717) is 0 Å². The lowest BCUT2D eigenvalue weighted by atomic mass is 9.96. The van der Waals surface area contributed by atoms with E-state index < -0.39 is 29.8 Å². The molecule has 1 amide bonds. The highest BCUT2D eigenvalue weighted by Gasteiger charge is 2.30. The highest BCUT2D eigenvalue weighted by Crippen LogP contribution is 2.22. The first-order valence-electron chi connectivity index (χ1n) is 8.86. The minimum absolute atomic E-state index is 0.117. The molecule has 1 aromatic rings. The van der Waals surface area contributed by atoms with Crippen LogP contribution in [0.15, 0.2) is 24.3 Å². The molecule has 146 valence electrons. The van der Waals surface area contributed by atoms with Gasteiger partial charge in [0.1, 0.15) is 23.6 Å². The number of hydrogen-bond donors (Lipinski definition) is 1. The van der Waals surface area contributed by atoms with Crippen molar-refractivity contribution in [3.8, 4) is 0 Å². The molecule has 0 spiro atoms. The van der Waals surface area contributed by atoms with Crippen LogP contribution in [0.5, 0.6) is 0 Å². The van der Waals surface area contributed by atoms with Crippen molar-refractivity contribution in [3.63, 3.8) is 0 Å². The summed E-state index contributed by atoms with van der Waals surface area (Å²) < 4.78 is 23.8. The molecule has 0 aliphatic heterocycles. The van der Waals surface area contributed by atoms with E-state index in [2.05, 4.69) is 5.32 Å². The number of ether oxygens (including phenoxy) is 2. The molecule has 0 saturated carbocycles. The van der Waals surface area contributed by atoms with Crippen LogP contribution in [-0.4, -0.2) is 29.8 Å². The summed E-state index contributed by atoms with van der Waals surface area (Å²) in [6, 6.07) is 5.28. The van der Waals surface area contributed by atoms with Gasteiger partial charge < -0.3 is 14.8 Å². The Morgan fingerprint density at radius 3 is 2.04 bits per heavy atom. The molecule has 0 heterocycles. The summed E-state index contributed by atoms with van der Waals surface area (Å²) in [5, 5.41) is 2.58. The Labute approximate surface area is 155 Å². The predicted octanol–water partition coefficient (Wildman–Crippen LogP) is 4.41. The van der Waals surface area contributed by atoms with Crippen LogP contribution in [0.25, 0.3) is 0 Å². The van der Waals surface area contributed by atoms with Crippen molar-refractivity contribution in [3.05, 3.63) is 35.6 Å². The Hall–Kier alpha value is -2.11. The van der Waals surface area contributed by atoms with Gasteiger partial charge in [-0.15, -0.1) is 0 Å². The standard InChI is InChI=1S/C20H30FNO4/c1-12(2)17(22-19(24)26-20(5,6)7)18(23)25-14(4)13(3)15-8-10-16(21)11-9-15/h8-14,17H,1-7H3,(H,22,24)/t13-,14+,17-/m0/s1. The Kier molecular flexibility index (Phi) is 7.60. The number of carbonyl (C=O) groups excluding carboxylic acids is 2. The van der Waals surface area contributed by atoms with Crippen molar-refractivity contribution in [1.29, 1.82) is 0 Å². The summed E-state index contributed by atoms with van der Waals surface area (Å²) in [6.07, 6.45) is -1.10. The summed E-state index contributed by atoms with van der Waals surface area (Å²) in [6.45, 7) is 12.6. The minimum Gasteiger partial charge on any atom is -0.460 e. The van der Waals surface area contributed by atoms with Gasteiger partial charge in [0.05, 0.1) is 0 Å². The highest BCUT2D eigenvalue weighted by molar-refractivity contribution is 5.81. The lowest BCUT2D eigenvalue weighted by Gasteiger charge is -2.27. The number of amides is 1. The highest BCUT2D eigenvalue weighted by atomic mass is 19.1. The van der Waals surface area contributed by atoms with Gasteiger partial charge in [-0.1, -0.05) is 32.9 Å². The third kappa shape index (κ3) is 7.02. The van der Waals surface area contributed by atoms with Gasteiger partial charge in [0.2, 0.25) is 0 Å². The molecular formula is C20H30FNO4. The van der Waals surface area contributed by atoms with Gasteiger partial charge in [0, 0.05) is 5.92 Å². The molecular weight excluding hydrogens is 337 g/mol. The first-order chi connectivity index (χ1) is 11.9. The fourth-order valence-corrected chi connectivity index (χ4v) is 2.33. The van der Waals surface area contributed by atoms with Crippen LogP contribution in [0.1, 0.15) is 59.9 Å². The van der Waals surface area contributed by atoms with Crippen LogP contribution in [0.4, 0.5) is 9.18 Å². The summed E-state index contributed by atoms with van der Waals surface area (Å²) in [7, 11) is 0. The van der Waals surface area contributed by atoms with E-state index in [1.807, 2.05) is 20.8 Å². The zero-order valence-electron chi connectivity index (χ0n) is 16.6. The molecule has 0 unspecified atom stereocenters. The monoisotopic (exact) mass is 367 g/mol. The summed E-state index contributed by atoms with van der Waals surface area (Å²) in [4.78, 5) is 24.5. The average molecular weight is 367 g/mol. The quantitative estimate of drug-likeness (QED) is 0.757. The van der Waals surface area contributed by atoms with Crippen molar-refractivity contribution in [2.75, 3.05) is 0 Å². The second-order valence-corrected chi connectivity index (χ2v) is 7.85. The zero-order valence-corrected chi connectivity index (χ0v) is 16.6. The molecule has 0 fully saturated rings. The molecule has 3 atom stereocenters. The number of rotatable bonds is 6. The number of hydrogen-bond acceptors (Lipinski definition) is 4. The van der Waals surface area contributed by atoms with E-state index in [0.717, 1.165) is 5.56 Å². The van der Waals surface area contributed by atoms with Crippen molar-refractivity contribution in [1.82, 2.24) is 5.32 Å². The van der Waals surface area contributed by atoms with Crippen LogP contribution in [0.2, 0.25) is 0 Å². The van der Waals surface area contributed by atoms with Crippen LogP contribution in [0, 0.1) is 11.7 Å². The van der Waals surface area contributed by atoms with Gasteiger partial charge in [-0.25, -0.2) is 14.0 Å². The molecule has 1 N–H and O–H groups in total. The fraction of sp³-hybridized carbons (Fsp3) is 0.600. The first-order valence-corrected chi connectivity index (χ1v) is 8.86. The molecule has 1 rings (SSSR count). The molecule has 0 aliphatic rings. The Balaban J connectivity index is 2.73. The van der Waals surface area contributed by atoms with Crippen LogP contribution in [0.3, 0.4) is 0 Å². The van der Waals surface area contributed by atoms with Crippen LogP contribution >= 0.6 is 0 Å². The topological polar surface area (TPSA) is 64.6 Å². The predicted molar refractivity (Wildman–Crippen MR) is 98.4 cm³/mol. The summed E-state index contributed by atoms with van der Waals surface area (Å²) in [5.41, 5.74) is 0.216. The normalized spacial score (nSPS) is 15.1. The Morgan fingerprint density at radius 2 is 1.58 bits per heavy atom. The molecule has 5 nitrogen and oxygen atoms in total. The third-order valence-electron chi connectivity index (χ3n) is 3.99. The number of nitrogens with one attached hydrogen (secondary N) is 1. The van der Waals surface area contributed by atoms with Gasteiger partial charge in [0.25, 0.3) is 0 Å². The SMILES string of the molecule is CC(C)[C@H](NC(=O)OC(C)(C)C)C(=O)O[C@H](C)[C@H](C)c1ccc(F)cc1. The number of halogens is 1. The number of alkyl carbamates (subject to hydrolysis) is 1.